The SMILES string of the molecule is Cc1c2scc[n+]2nn1/C=C(\O)c1ccccc1. The number of benzene rings is 1. The van der Waals surface area contributed by atoms with Gasteiger partial charge in [-0.1, -0.05) is 46.2 Å². The summed E-state index contributed by atoms with van der Waals surface area (Å²) in [5.74, 6) is 0.203. The van der Waals surface area contributed by atoms with Gasteiger partial charge in [0.25, 0.3) is 4.83 Å². The van der Waals surface area contributed by atoms with Crippen LogP contribution in [0.3, 0.4) is 0 Å². The second-order valence-corrected chi connectivity index (χ2v) is 4.85. The molecule has 90 valence electrons. The normalized spacial score (nSPS) is 12.2. The van der Waals surface area contributed by atoms with Crippen molar-refractivity contribution in [1.82, 2.24) is 9.90 Å². The Balaban J connectivity index is 2.05. The summed E-state index contributed by atoms with van der Waals surface area (Å²) in [6, 6.07) is 9.42. The highest BCUT2D eigenvalue weighted by molar-refractivity contribution is 7.15. The molecule has 0 aliphatic rings. The van der Waals surface area contributed by atoms with Crippen LogP contribution >= 0.6 is 11.3 Å². The van der Waals surface area contributed by atoms with Crippen LogP contribution in [-0.4, -0.2) is 15.0 Å². The van der Waals surface area contributed by atoms with Gasteiger partial charge < -0.3 is 5.11 Å². The summed E-state index contributed by atoms with van der Waals surface area (Å²) in [7, 11) is 0. The molecule has 2 aromatic heterocycles. The zero-order valence-electron chi connectivity index (χ0n) is 9.82. The lowest BCUT2D eigenvalue weighted by Gasteiger charge is -1.96. The first-order valence-electron chi connectivity index (χ1n) is 5.56. The number of fused-ring (bicyclic) bond motifs is 1. The summed E-state index contributed by atoms with van der Waals surface area (Å²) in [5, 5.41) is 16.4. The summed E-state index contributed by atoms with van der Waals surface area (Å²) >= 11 is 1.63. The van der Waals surface area contributed by atoms with Gasteiger partial charge in [0.15, 0.2) is 17.7 Å². The first-order chi connectivity index (χ1) is 8.75. The summed E-state index contributed by atoms with van der Waals surface area (Å²) in [5.41, 5.74) is 1.79. The minimum Gasteiger partial charge on any atom is -0.504 e. The molecule has 2 heterocycles. The van der Waals surface area contributed by atoms with Crippen LogP contribution in [0.4, 0.5) is 0 Å². The Morgan fingerprint density at radius 3 is 2.89 bits per heavy atom. The van der Waals surface area contributed by atoms with Crippen LogP contribution in [0.5, 0.6) is 0 Å². The number of aliphatic hydroxyl groups is 1. The number of nitrogens with zero attached hydrogens (tertiary/aromatic N) is 3. The molecular formula is C13H12N3OS+. The molecule has 0 saturated carbocycles. The van der Waals surface area contributed by atoms with Gasteiger partial charge in [-0.2, -0.15) is 0 Å². The van der Waals surface area contributed by atoms with E-state index >= 15 is 0 Å². The summed E-state index contributed by atoms with van der Waals surface area (Å²) in [6.45, 7) is 1.98. The third-order valence-electron chi connectivity index (χ3n) is 2.75. The second kappa shape index (κ2) is 4.27. The molecule has 1 N–H and O–H groups in total. The van der Waals surface area contributed by atoms with Crippen LogP contribution in [0.1, 0.15) is 11.3 Å². The summed E-state index contributed by atoms with van der Waals surface area (Å²) < 4.78 is 3.49. The average molecular weight is 258 g/mol. The topological polar surface area (TPSA) is 42.2 Å². The van der Waals surface area contributed by atoms with Crippen molar-refractivity contribution in [2.24, 2.45) is 0 Å². The Labute approximate surface area is 108 Å². The highest BCUT2D eigenvalue weighted by Gasteiger charge is 2.16. The van der Waals surface area contributed by atoms with E-state index in [1.165, 1.54) is 0 Å². The first-order valence-corrected chi connectivity index (χ1v) is 6.44. The molecule has 5 heteroatoms. The Morgan fingerprint density at radius 2 is 2.17 bits per heavy atom. The Hall–Kier alpha value is -2.14. The van der Waals surface area contributed by atoms with E-state index < -0.39 is 0 Å². The molecule has 0 spiro atoms. The van der Waals surface area contributed by atoms with E-state index in [0.29, 0.717) is 0 Å². The fourth-order valence-corrected chi connectivity index (χ4v) is 2.56. The van der Waals surface area contributed by atoms with Crippen molar-refractivity contribution in [2.45, 2.75) is 6.92 Å². The molecule has 0 atom stereocenters. The second-order valence-electron chi connectivity index (χ2n) is 3.95. The van der Waals surface area contributed by atoms with Gasteiger partial charge in [-0.15, -0.1) is 4.68 Å². The smallest absolute Gasteiger partial charge is 0.254 e. The Morgan fingerprint density at radius 1 is 1.39 bits per heavy atom. The van der Waals surface area contributed by atoms with Crippen LogP contribution in [-0.2, 0) is 0 Å². The molecule has 18 heavy (non-hydrogen) atoms. The molecule has 3 rings (SSSR count). The highest BCUT2D eigenvalue weighted by Crippen LogP contribution is 2.15. The van der Waals surface area contributed by atoms with Crippen molar-refractivity contribution in [1.29, 1.82) is 0 Å². The number of thiazole rings is 1. The fourth-order valence-electron chi connectivity index (χ4n) is 1.79. The highest BCUT2D eigenvalue weighted by atomic mass is 32.1. The third-order valence-corrected chi connectivity index (χ3v) is 3.71. The number of rotatable bonds is 2. The average Bonchev–Trinajstić information content (AvgIpc) is 2.95. The maximum Gasteiger partial charge on any atom is 0.254 e. The van der Waals surface area contributed by atoms with Crippen LogP contribution in [0.15, 0.2) is 41.9 Å². The lowest BCUT2D eigenvalue weighted by atomic mass is 10.2. The van der Waals surface area contributed by atoms with Crippen molar-refractivity contribution >= 4 is 28.1 Å². The standard InChI is InChI=1S/C13H11N3OS/c1-10-13-15(7-8-18-13)14-16(10)9-12(17)11-5-3-2-4-6-11/h2-9H,1H3/p+1. The van der Waals surface area contributed by atoms with E-state index in [1.807, 2.05) is 48.8 Å². The first kappa shape index (κ1) is 11.0. The van der Waals surface area contributed by atoms with Crippen LogP contribution in [0.25, 0.3) is 16.8 Å². The van der Waals surface area contributed by atoms with Crippen molar-refractivity contribution in [3.8, 4) is 0 Å². The Bertz CT molecular complexity index is 712. The minimum atomic E-state index is 0.203. The van der Waals surface area contributed by atoms with E-state index in [4.69, 9.17) is 0 Å². The van der Waals surface area contributed by atoms with Gasteiger partial charge in [-0.25, -0.2) is 0 Å². The largest absolute Gasteiger partial charge is 0.504 e. The number of aromatic nitrogens is 3. The summed E-state index contributed by atoms with van der Waals surface area (Å²) in [6.07, 6.45) is 3.53. The van der Waals surface area contributed by atoms with Gasteiger partial charge in [0.05, 0.1) is 0 Å². The van der Waals surface area contributed by atoms with E-state index in [9.17, 15) is 5.11 Å². The molecule has 0 aliphatic heterocycles. The predicted octanol–water partition coefficient (Wildman–Crippen LogP) is 2.51. The Kier molecular flexibility index (Phi) is 2.60. The van der Waals surface area contributed by atoms with Gasteiger partial charge in [0.2, 0.25) is 0 Å². The molecule has 4 nitrogen and oxygen atoms in total. The molecule has 0 aliphatic carbocycles. The molecule has 0 radical (unpaired) electrons. The number of aryl methyl sites for hydroxylation is 1. The van der Waals surface area contributed by atoms with Gasteiger partial charge in [0.1, 0.15) is 11.4 Å². The zero-order chi connectivity index (χ0) is 12.5. The van der Waals surface area contributed by atoms with Crippen LogP contribution < -0.4 is 4.52 Å². The number of aliphatic hydroxyl groups excluding tert-OH is 1. The minimum absolute atomic E-state index is 0.203. The van der Waals surface area contributed by atoms with Gasteiger partial charge in [-0.05, 0) is 0 Å². The van der Waals surface area contributed by atoms with Crippen molar-refractivity contribution in [3.05, 3.63) is 53.2 Å². The van der Waals surface area contributed by atoms with Crippen LogP contribution in [0, 0.1) is 6.92 Å². The van der Waals surface area contributed by atoms with Crippen molar-refractivity contribution in [3.63, 3.8) is 0 Å². The molecule has 0 saturated heterocycles. The molecular weight excluding hydrogens is 246 g/mol. The van der Waals surface area contributed by atoms with Gasteiger partial charge in [0, 0.05) is 17.9 Å². The molecule has 0 amide bonds. The van der Waals surface area contributed by atoms with Gasteiger partial charge in [-0.3, -0.25) is 0 Å². The van der Waals surface area contributed by atoms with E-state index in [2.05, 4.69) is 5.21 Å². The summed E-state index contributed by atoms with van der Waals surface area (Å²) in [4.78, 5) is 1.08. The molecule has 0 unspecified atom stereocenters. The van der Waals surface area contributed by atoms with Crippen molar-refractivity contribution < 1.29 is 9.62 Å². The third kappa shape index (κ3) is 1.78. The monoisotopic (exact) mass is 258 g/mol. The van der Waals surface area contributed by atoms with E-state index in [1.54, 1.807) is 26.7 Å². The number of hydrogen-bond donors (Lipinski definition) is 1. The fraction of sp³-hybridized carbons (Fsp3) is 0.0769. The van der Waals surface area contributed by atoms with Crippen molar-refractivity contribution in [2.75, 3.05) is 0 Å². The zero-order valence-corrected chi connectivity index (χ0v) is 10.6. The maximum atomic E-state index is 10.1. The van der Waals surface area contributed by atoms with E-state index in [-0.39, 0.29) is 5.76 Å². The van der Waals surface area contributed by atoms with Gasteiger partial charge >= 0.3 is 0 Å². The van der Waals surface area contributed by atoms with Crippen LogP contribution in [0.2, 0.25) is 0 Å². The molecule has 3 aromatic rings. The molecule has 1 aromatic carbocycles. The quantitative estimate of drug-likeness (QED) is 0.567. The maximum absolute atomic E-state index is 10.1. The predicted molar refractivity (Wildman–Crippen MR) is 71.2 cm³/mol. The molecule has 0 fully saturated rings. The number of hydrogen-bond acceptors (Lipinski definition) is 3. The molecule has 0 bridgehead atoms. The lowest BCUT2D eigenvalue weighted by Crippen LogP contribution is -2.20. The van der Waals surface area contributed by atoms with E-state index in [0.717, 1.165) is 16.1 Å². The lowest BCUT2D eigenvalue weighted by molar-refractivity contribution is -0.579.